The predicted molar refractivity (Wildman–Crippen MR) is 48.9 cm³/mol. The van der Waals surface area contributed by atoms with E-state index in [0.717, 1.165) is 5.71 Å². The van der Waals surface area contributed by atoms with Crippen LogP contribution in [-0.4, -0.2) is 11.7 Å². The Morgan fingerprint density at radius 1 is 1.17 bits per heavy atom. The smallest absolute Gasteiger partial charge is 0.318 e. The van der Waals surface area contributed by atoms with E-state index >= 15 is 0 Å². The van der Waals surface area contributed by atoms with Crippen LogP contribution in [0, 0.1) is 11.8 Å². The summed E-state index contributed by atoms with van der Waals surface area (Å²) in [6.07, 6.45) is 0. The van der Waals surface area contributed by atoms with Gasteiger partial charge in [0.25, 0.3) is 0 Å². The molecule has 0 heterocycles. The van der Waals surface area contributed by atoms with Gasteiger partial charge in [-0.1, -0.05) is 32.9 Å². The lowest BCUT2D eigenvalue weighted by atomic mass is 10.1. The molecular weight excluding hydrogens is 154 g/mol. The molecule has 0 N–H and O–H groups in total. The zero-order valence-corrected chi connectivity index (χ0v) is 8.42. The minimum Gasteiger partial charge on any atom is -0.318 e. The maximum Gasteiger partial charge on any atom is 0.337 e. The van der Waals surface area contributed by atoms with Gasteiger partial charge >= 0.3 is 5.97 Å². The van der Waals surface area contributed by atoms with Crippen molar-refractivity contribution in [2.24, 2.45) is 17.0 Å². The van der Waals surface area contributed by atoms with Crippen LogP contribution in [0.3, 0.4) is 0 Å². The minimum absolute atomic E-state index is 0.117. The van der Waals surface area contributed by atoms with Gasteiger partial charge in [-0.2, -0.15) is 0 Å². The molecule has 0 bridgehead atoms. The summed E-state index contributed by atoms with van der Waals surface area (Å²) in [4.78, 5) is 15.6. The zero-order valence-electron chi connectivity index (χ0n) is 8.42. The average molecular weight is 171 g/mol. The number of hydrogen-bond donors (Lipinski definition) is 0. The lowest BCUT2D eigenvalue weighted by Gasteiger charge is -2.04. The summed E-state index contributed by atoms with van der Waals surface area (Å²) in [6, 6.07) is 0. The van der Waals surface area contributed by atoms with Gasteiger partial charge in [-0.05, 0) is 12.8 Å². The topological polar surface area (TPSA) is 38.7 Å². The quantitative estimate of drug-likeness (QED) is 0.371. The molecule has 0 fully saturated rings. The molecule has 0 atom stereocenters. The Bertz CT molecular complexity index is 183. The molecule has 0 aliphatic carbocycles. The fourth-order valence-corrected chi connectivity index (χ4v) is 0.328. The van der Waals surface area contributed by atoms with Crippen LogP contribution in [-0.2, 0) is 9.63 Å². The number of carbonyl (C=O) groups is 1. The van der Waals surface area contributed by atoms with Gasteiger partial charge in [0, 0.05) is 0 Å². The summed E-state index contributed by atoms with van der Waals surface area (Å²) in [5.41, 5.74) is 0.837. The fourth-order valence-electron chi connectivity index (χ4n) is 0.328. The summed E-state index contributed by atoms with van der Waals surface area (Å²) in [7, 11) is 0. The molecule has 0 radical (unpaired) electrons. The summed E-state index contributed by atoms with van der Waals surface area (Å²) >= 11 is 0. The first-order chi connectivity index (χ1) is 5.45. The van der Waals surface area contributed by atoms with Crippen LogP contribution in [0.25, 0.3) is 0 Å². The van der Waals surface area contributed by atoms with Crippen molar-refractivity contribution in [2.45, 2.75) is 34.6 Å². The molecule has 0 saturated carbocycles. The Morgan fingerprint density at radius 3 is 2.00 bits per heavy atom. The van der Waals surface area contributed by atoms with Crippen molar-refractivity contribution in [1.82, 2.24) is 0 Å². The second-order valence-electron chi connectivity index (χ2n) is 3.45. The summed E-state index contributed by atoms with van der Waals surface area (Å²) in [5, 5.41) is 3.71. The van der Waals surface area contributed by atoms with Gasteiger partial charge in [0.15, 0.2) is 0 Å². The molecule has 0 aromatic rings. The molecule has 70 valence electrons. The molecule has 0 saturated heterocycles. The van der Waals surface area contributed by atoms with Gasteiger partial charge in [-0.3, -0.25) is 0 Å². The van der Waals surface area contributed by atoms with Gasteiger partial charge < -0.3 is 4.84 Å². The molecule has 0 amide bonds. The van der Waals surface area contributed by atoms with Gasteiger partial charge in [-0.25, -0.2) is 4.79 Å². The van der Waals surface area contributed by atoms with Crippen molar-refractivity contribution in [3.05, 3.63) is 0 Å². The van der Waals surface area contributed by atoms with Gasteiger partial charge in [0.2, 0.25) is 0 Å². The van der Waals surface area contributed by atoms with E-state index in [1.807, 2.05) is 20.8 Å². The van der Waals surface area contributed by atoms with E-state index in [-0.39, 0.29) is 11.9 Å². The van der Waals surface area contributed by atoms with E-state index < -0.39 is 0 Å². The zero-order chi connectivity index (χ0) is 9.72. The fraction of sp³-hybridized carbons (Fsp3) is 0.778. The molecular formula is C9H17NO2. The molecule has 3 heteroatoms. The van der Waals surface area contributed by atoms with Crippen LogP contribution in [0.1, 0.15) is 34.6 Å². The second kappa shape index (κ2) is 4.91. The first kappa shape index (κ1) is 11.1. The molecule has 0 aliphatic heterocycles. The second-order valence-corrected chi connectivity index (χ2v) is 3.45. The monoisotopic (exact) mass is 171 g/mol. The van der Waals surface area contributed by atoms with E-state index in [4.69, 9.17) is 0 Å². The predicted octanol–water partition coefficient (Wildman–Crippen LogP) is 2.22. The molecule has 0 aromatic heterocycles. The molecule has 0 unspecified atom stereocenters. The number of nitrogens with zero attached hydrogens (tertiary/aromatic N) is 1. The highest BCUT2D eigenvalue weighted by Crippen LogP contribution is 2.00. The van der Waals surface area contributed by atoms with Crippen molar-refractivity contribution in [3.8, 4) is 0 Å². The Kier molecular flexibility index (Phi) is 4.55. The first-order valence-corrected chi connectivity index (χ1v) is 4.20. The third-order valence-electron chi connectivity index (χ3n) is 1.59. The average Bonchev–Trinajstić information content (AvgIpc) is 1.98. The number of oxime groups is 1. The Hall–Kier alpha value is -0.860. The highest BCUT2D eigenvalue weighted by molar-refractivity contribution is 5.84. The van der Waals surface area contributed by atoms with Crippen LogP contribution < -0.4 is 0 Å². The van der Waals surface area contributed by atoms with Gasteiger partial charge in [-0.15, -0.1) is 0 Å². The van der Waals surface area contributed by atoms with Crippen molar-refractivity contribution in [2.75, 3.05) is 0 Å². The molecule has 12 heavy (non-hydrogen) atoms. The summed E-state index contributed by atoms with van der Waals surface area (Å²) in [5.74, 6) is -0.0753. The lowest BCUT2D eigenvalue weighted by Crippen LogP contribution is -2.11. The van der Waals surface area contributed by atoms with Gasteiger partial charge in [0.05, 0.1) is 11.6 Å². The van der Waals surface area contributed by atoms with Crippen molar-refractivity contribution in [1.29, 1.82) is 0 Å². The third kappa shape index (κ3) is 4.11. The number of carbonyl (C=O) groups excluding carboxylic acids is 1. The SMILES string of the molecule is C/C(=N/OC(=O)C(C)C)C(C)C. The van der Waals surface area contributed by atoms with Gasteiger partial charge in [0.1, 0.15) is 0 Å². The number of rotatable bonds is 3. The molecule has 3 nitrogen and oxygen atoms in total. The maximum absolute atomic E-state index is 10.9. The van der Waals surface area contributed by atoms with E-state index in [1.54, 1.807) is 13.8 Å². The van der Waals surface area contributed by atoms with Crippen molar-refractivity contribution in [3.63, 3.8) is 0 Å². The molecule has 0 spiro atoms. The van der Waals surface area contributed by atoms with E-state index in [1.165, 1.54) is 0 Å². The summed E-state index contributed by atoms with van der Waals surface area (Å²) in [6.45, 7) is 9.41. The normalized spacial score (nSPS) is 12.4. The number of hydrogen-bond acceptors (Lipinski definition) is 3. The van der Waals surface area contributed by atoms with Crippen LogP contribution in [0.2, 0.25) is 0 Å². The third-order valence-corrected chi connectivity index (χ3v) is 1.59. The van der Waals surface area contributed by atoms with Crippen LogP contribution in [0.5, 0.6) is 0 Å². The first-order valence-electron chi connectivity index (χ1n) is 4.20. The van der Waals surface area contributed by atoms with Crippen LogP contribution >= 0.6 is 0 Å². The Labute approximate surface area is 73.8 Å². The van der Waals surface area contributed by atoms with E-state index in [2.05, 4.69) is 9.99 Å². The largest absolute Gasteiger partial charge is 0.337 e. The van der Waals surface area contributed by atoms with E-state index in [0.29, 0.717) is 5.92 Å². The maximum atomic E-state index is 10.9. The minimum atomic E-state index is -0.282. The summed E-state index contributed by atoms with van der Waals surface area (Å²) < 4.78 is 0. The Morgan fingerprint density at radius 2 is 1.67 bits per heavy atom. The van der Waals surface area contributed by atoms with Crippen molar-refractivity contribution >= 4 is 11.7 Å². The van der Waals surface area contributed by atoms with E-state index in [9.17, 15) is 4.79 Å². The molecule has 0 aromatic carbocycles. The van der Waals surface area contributed by atoms with Crippen LogP contribution in [0.4, 0.5) is 0 Å². The molecule has 0 rings (SSSR count). The highest BCUT2D eigenvalue weighted by atomic mass is 16.7. The Balaban J connectivity index is 3.96. The standard InChI is InChI=1S/C9H17NO2/c1-6(2)8(5)10-12-9(11)7(3)4/h6-7H,1-5H3/b10-8-. The van der Waals surface area contributed by atoms with Crippen molar-refractivity contribution < 1.29 is 9.63 Å². The lowest BCUT2D eigenvalue weighted by molar-refractivity contribution is -0.147. The van der Waals surface area contributed by atoms with Crippen LogP contribution in [0.15, 0.2) is 5.16 Å². The highest BCUT2D eigenvalue weighted by Gasteiger charge is 2.08. The molecule has 0 aliphatic rings.